The fourth-order valence-corrected chi connectivity index (χ4v) is 4.78. The van der Waals surface area contributed by atoms with Gasteiger partial charge in [0.05, 0.1) is 16.2 Å². The topological polar surface area (TPSA) is 132 Å². The molecule has 0 aliphatic rings. The molecule has 144 valence electrons. The van der Waals surface area contributed by atoms with E-state index in [1.807, 2.05) is 0 Å². The Kier molecular flexibility index (Phi) is 5.76. The molecule has 0 bridgehead atoms. The first-order valence-electron chi connectivity index (χ1n) is 7.97. The van der Waals surface area contributed by atoms with Crippen LogP contribution in [-0.4, -0.2) is 29.4 Å². The van der Waals surface area contributed by atoms with Gasteiger partial charge in [-0.1, -0.05) is 47.7 Å². The summed E-state index contributed by atoms with van der Waals surface area (Å²) < 4.78 is 24.7. The molecule has 1 amide bonds. The molecule has 3 aromatic rings. The number of carbonyl (C=O) groups is 1. The number of para-hydroxylation sites is 1. The van der Waals surface area contributed by atoms with Gasteiger partial charge in [-0.25, -0.2) is 8.42 Å². The Balaban J connectivity index is 1.67. The molecule has 3 rings (SSSR count). The number of sulfone groups is 1. The van der Waals surface area contributed by atoms with E-state index in [0.717, 1.165) is 11.3 Å². The van der Waals surface area contributed by atoms with Crippen LogP contribution >= 0.6 is 11.3 Å². The molecule has 2 aromatic carbocycles. The summed E-state index contributed by atoms with van der Waals surface area (Å²) in [7, 11) is -3.57. The van der Waals surface area contributed by atoms with Crippen molar-refractivity contribution in [2.75, 3.05) is 5.32 Å². The average Bonchev–Trinajstić information content (AvgIpc) is 3.08. The van der Waals surface area contributed by atoms with E-state index >= 15 is 0 Å². The third kappa shape index (κ3) is 4.75. The number of aromatic nitrogens is 2. The van der Waals surface area contributed by atoms with Gasteiger partial charge in [0.25, 0.3) is 5.69 Å². The van der Waals surface area contributed by atoms with Crippen LogP contribution in [0.1, 0.15) is 10.6 Å². The van der Waals surface area contributed by atoms with Gasteiger partial charge in [-0.2, -0.15) is 0 Å². The first kappa shape index (κ1) is 19.6. The minimum absolute atomic E-state index is 0.127. The van der Waals surface area contributed by atoms with E-state index in [4.69, 9.17) is 0 Å². The molecular weight excluding hydrogens is 404 g/mol. The smallest absolute Gasteiger partial charge is 0.273 e. The lowest BCUT2D eigenvalue weighted by Gasteiger charge is -2.02. The minimum Gasteiger partial charge on any atom is -0.300 e. The number of rotatable bonds is 7. The van der Waals surface area contributed by atoms with Crippen LogP contribution in [0.5, 0.6) is 0 Å². The van der Waals surface area contributed by atoms with Gasteiger partial charge < -0.3 is 5.32 Å². The lowest BCUT2D eigenvalue weighted by molar-refractivity contribution is -0.385. The molecular formula is C17H14N4O5S2. The SMILES string of the molecule is O=C(Cc1ccccc1[N+](=O)[O-])Nc1nnc(CS(=O)(=O)c2ccccc2)s1. The zero-order valence-electron chi connectivity index (χ0n) is 14.3. The maximum atomic E-state index is 12.4. The molecule has 28 heavy (non-hydrogen) atoms. The van der Waals surface area contributed by atoms with Gasteiger partial charge in [-0.05, 0) is 12.1 Å². The van der Waals surface area contributed by atoms with Crippen LogP contribution in [0.25, 0.3) is 0 Å². The Morgan fingerprint density at radius 1 is 1.07 bits per heavy atom. The number of benzene rings is 2. The zero-order chi connectivity index (χ0) is 20.1. The summed E-state index contributed by atoms with van der Waals surface area (Å²) in [5, 5.41) is 21.4. The first-order chi connectivity index (χ1) is 13.3. The van der Waals surface area contributed by atoms with Gasteiger partial charge in [-0.3, -0.25) is 14.9 Å². The minimum atomic E-state index is -3.57. The molecule has 0 fully saturated rings. The monoisotopic (exact) mass is 418 g/mol. The van der Waals surface area contributed by atoms with Crippen LogP contribution in [0.4, 0.5) is 10.8 Å². The number of nitrogens with zero attached hydrogens (tertiary/aromatic N) is 3. The number of nitrogens with one attached hydrogen (secondary N) is 1. The molecule has 0 saturated heterocycles. The normalized spacial score (nSPS) is 11.1. The summed E-state index contributed by atoms with van der Waals surface area (Å²) in [6, 6.07) is 13.9. The van der Waals surface area contributed by atoms with E-state index in [1.54, 1.807) is 24.3 Å². The molecule has 0 spiro atoms. The predicted octanol–water partition coefficient (Wildman–Crippen LogP) is 2.60. The van der Waals surface area contributed by atoms with Crippen LogP contribution in [0.2, 0.25) is 0 Å². The van der Waals surface area contributed by atoms with Gasteiger partial charge in [-0.15, -0.1) is 10.2 Å². The molecule has 1 N–H and O–H groups in total. The summed E-state index contributed by atoms with van der Waals surface area (Å²) in [5.41, 5.74) is 0.117. The maximum Gasteiger partial charge on any atom is 0.273 e. The number of hydrogen-bond donors (Lipinski definition) is 1. The lowest BCUT2D eigenvalue weighted by atomic mass is 10.1. The lowest BCUT2D eigenvalue weighted by Crippen LogP contribution is -2.15. The van der Waals surface area contributed by atoms with Gasteiger partial charge in [0.1, 0.15) is 10.8 Å². The van der Waals surface area contributed by atoms with Crippen molar-refractivity contribution in [2.24, 2.45) is 0 Å². The third-order valence-electron chi connectivity index (χ3n) is 3.67. The highest BCUT2D eigenvalue weighted by Crippen LogP contribution is 2.22. The molecule has 0 unspecified atom stereocenters. The molecule has 0 aliphatic carbocycles. The summed E-state index contributed by atoms with van der Waals surface area (Å²) >= 11 is 0.937. The van der Waals surface area contributed by atoms with Gasteiger partial charge in [0.2, 0.25) is 11.0 Å². The molecule has 11 heteroatoms. The average molecular weight is 418 g/mol. The molecule has 0 radical (unpaired) electrons. The van der Waals surface area contributed by atoms with E-state index < -0.39 is 20.7 Å². The van der Waals surface area contributed by atoms with Crippen molar-refractivity contribution in [3.05, 3.63) is 75.3 Å². The second-order valence-corrected chi connectivity index (χ2v) is 8.74. The zero-order valence-corrected chi connectivity index (χ0v) is 15.9. The van der Waals surface area contributed by atoms with Gasteiger partial charge >= 0.3 is 0 Å². The van der Waals surface area contributed by atoms with Crippen LogP contribution in [0, 0.1) is 10.1 Å². The number of nitro groups is 1. The highest BCUT2D eigenvalue weighted by atomic mass is 32.2. The third-order valence-corrected chi connectivity index (χ3v) is 6.33. The Hall–Kier alpha value is -3.18. The van der Waals surface area contributed by atoms with Crippen LogP contribution < -0.4 is 5.32 Å². The van der Waals surface area contributed by atoms with Crippen LogP contribution in [0.3, 0.4) is 0 Å². The number of carbonyl (C=O) groups excluding carboxylic acids is 1. The molecule has 9 nitrogen and oxygen atoms in total. The second-order valence-electron chi connectivity index (χ2n) is 5.68. The first-order valence-corrected chi connectivity index (χ1v) is 10.4. The van der Waals surface area contributed by atoms with E-state index in [1.165, 1.54) is 30.3 Å². The van der Waals surface area contributed by atoms with E-state index in [9.17, 15) is 23.3 Å². The van der Waals surface area contributed by atoms with Crippen molar-refractivity contribution in [3.8, 4) is 0 Å². The summed E-state index contributed by atoms with van der Waals surface area (Å²) in [6.07, 6.45) is -0.214. The quantitative estimate of drug-likeness (QED) is 0.461. The standard InChI is InChI=1S/C17H14N4O5S2/c22-15(10-12-6-4-5-9-14(12)21(23)24)18-17-20-19-16(27-17)11-28(25,26)13-7-2-1-3-8-13/h1-9H,10-11H2,(H,18,20,22). The van der Waals surface area contributed by atoms with Gasteiger partial charge in [0.15, 0.2) is 9.84 Å². The maximum absolute atomic E-state index is 12.4. The van der Waals surface area contributed by atoms with E-state index in [0.29, 0.717) is 0 Å². The van der Waals surface area contributed by atoms with Gasteiger partial charge in [0, 0.05) is 11.6 Å². The Bertz CT molecular complexity index is 1110. The highest BCUT2D eigenvalue weighted by Gasteiger charge is 2.20. The van der Waals surface area contributed by atoms with Crippen molar-refractivity contribution >= 4 is 37.9 Å². The van der Waals surface area contributed by atoms with Crippen molar-refractivity contribution in [1.82, 2.24) is 10.2 Å². The van der Waals surface area contributed by atoms with Crippen molar-refractivity contribution in [3.63, 3.8) is 0 Å². The van der Waals surface area contributed by atoms with Crippen molar-refractivity contribution < 1.29 is 18.1 Å². The van der Waals surface area contributed by atoms with E-state index in [2.05, 4.69) is 15.5 Å². The summed E-state index contributed by atoms with van der Waals surface area (Å²) in [4.78, 5) is 22.8. The number of anilines is 1. The fourth-order valence-electron chi connectivity index (χ4n) is 2.41. The molecule has 1 heterocycles. The van der Waals surface area contributed by atoms with Crippen LogP contribution in [-0.2, 0) is 26.8 Å². The highest BCUT2D eigenvalue weighted by molar-refractivity contribution is 7.90. The number of nitro benzene ring substituents is 1. The number of amides is 1. The van der Waals surface area contributed by atoms with Crippen molar-refractivity contribution in [1.29, 1.82) is 0 Å². The molecule has 0 atom stereocenters. The Morgan fingerprint density at radius 2 is 1.75 bits per heavy atom. The Morgan fingerprint density at radius 3 is 2.46 bits per heavy atom. The second kappa shape index (κ2) is 8.23. The summed E-state index contributed by atoms with van der Waals surface area (Å²) in [6.45, 7) is 0. The largest absolute Gasteiger partial charge is 0.300 e. The predicted molar refractivity (Wildman–Crippen MR) is 103 cm³/mol. The van der Waals surface area contributed by atoms with E-state index in [-0.39, 0.29) is 38.5 Å². The molecule has 0 saturated carbocycles. The number of hydrogen-bond acceptors (Lipinski definition) is 8. The fraction of sp³-hybridized carbons (Fsp3) is 0.118. The molecule has 1 aromatic heterocycles. The van der Waals surface area contributed by atoms with Crippen LogP contribution in [0.15, 0.2) is 59.5 Å². The van der Waals surface area contributed by atoms with Crippen molar-refractivity contribution in [2.45, 2.75) is 17.1 Å². The Labute approximate surface area is 164 Å². The summed E-state index contributed by atoms with van der Waals surface area (Å²) in [5.74, 6) is -0.850. The molecule has 0 aliphatic heterocycles.